The van der Waals surface area contributed by atoms with Crippen molar-refractivity contribution < 1.29 is 9.21 Å². The van der Waals surface area contributed by atoms with Gasteiger partial charge in [0, 0.05) is 23.1 Å². The molecule has 2 aliphatic rings. The number of H-pyrrole nitrogens is 2. The van der Waals surface area contributed by atoms with E-state index in [0.29, 0.717) is 19.4 Å². The lowest BCUT2D eigenvalue weighted by Crippen LogP contribution is -2.23. The van der Waals surface area contributed by atoms with E-state index < -0.39 is 0 Å². The Morgan fingerprint density at radius 1 is 0.795 bits per heavy atom. The highest BCUT2D eigenvalue weighted by Gasteiger charge is 2.15. The molecule has 5 aromatic rings. The van der Waals surface area contributed by atoms with E-state index in [-0.39, 0.29) is 16.7 Å². The lowest BCUT2D eigenvalue weighted by Gasteiger charge is -2.15. The Morgan fingerprint density at radius 3 is 1.97 bits per heavy atom. The van der Waals surface area contributed by atoms with Crippen molar-refractivity contribution in [3.8, 4) is 0 Å². The zero-order valence-electron chi connectivity index (χ0n) is 22.0. The van der Waals surface area contributed by atoms with E-state index in [0.717, 1.165) is 58.8 Å². The molecule has 0 amide bonds. The number of aromatic nitrogens is 2. The van der Waals surface area contributed by atoms with Crippen molar-refractivity contribution in [1.29, 1.82) is 0 Å². The molecule has 0 saturated heterocycles. The second-order valence-electron chi connectivity index (χ2n) is 10.7. The molecule has 198 valence electrons. The number of fused-ring (bicyclic) bond motifs is 4. The topological polar surface area (TPSA) is 99.2 Å². The fraction of sp³-hybridized carbons (Fsp3) is 0.281. The minimum atomic E-state index is -0.305. The van der Waals surface area contributed by atoms with Gasteiger partial charge in [-0.1, -0.05) is 0 Å². The number of benzene rings is 2. The predicted molar refractivity (Wildman–Crippen MR) is 152 cm³/mol. The van der Waals surface area contributed by atoms with Crippen LogP contribution in [0.3, 0.4) is 0 Å². The van der Waals surface area contributed by atoms with Gasteiger partial charge in [-0.15, -0.1) is 0 Å². The SMILES string of the molecule is CN(Cc1ccco1)Cc1cc2cc3c(cc2[nH]c1=O)CCC3.O=Cc1cc2cc3c(cc2[nH]c1=O)CCC3. The van der Waals surface area contributed by atoms with Gasteiger partial charge in [0.2, 0.25) is 0 Å². The van der Waals surface area contributed by atoms with E-state index in [1.807, 2.05) is 31.3 Å². The van der Waals surface area contributed by atoms with E-state index in [1.54, 1.807) is 12.3 Å². The molecule has 7 heteroatoms. The van der Waals surface area contributed by atoms with E-state index in [9.17, 15) is 14.4 Å². The molecule has 2 aromatic carbocycles. The molecule has 0 aliphatic heterocycles. The number of rotatable bonds is 5. The highest BCUT2D eigenvalue weighted by Crippen LogP contribution is 2.27. The minimum Gasteiger partial charge on any atom is -0.468 e. The van der Waals surface area contributed by atoms with Gasteiger partial charge in [-0.2, -0.15) is 0 Å². The van der Waals surface area contributed by atoms with Gasteiger partial charge in [-0.3, -0.25) is 19.3 Å². The number of carbonyl (C=O) groups excluding carboxylic acids is 1. The van der Waals surface area contributed by atoms with Crippen molar-refractivity contribution in [2.75, 3.05) is 7.05 Å². The normalized spacial score (nSPS) is 13.9. The Hall–Kier alpha value is -4.23. The summed E-state index contributed by atoms with van der Waals surface area (Å²) < 4.78 is 5.37. The van der Waals surface area contributed by atoms with Gasteiger partial charge < -0.3 is 14.4 Å². The lowest BCUT2D eigenvalue weighted by molar-refractivity contribution is 0.112. The van der Waals surface area contributed by atoms with E-state index in [4.69, 9.17) is 4.42 Å². The quantitative estimate of drug-likeness (QED) is 0.315. The van der Waals surface area contributed by atoms with Crippen LogP contribution in [0.4, 0.5) is 0 Å². The fourth-order valence-electron chi connectivity index (χ4n) is 5.85. The molecule has 0 saturated carbocycles. The third-order valence-electron chi connectivity index (χ3n) is 7.79. The maximum Gasteiger partial charge on any atom is 0.259 e. The van der Waals surface area contributed by atoms with Crippen molar-refractivity contribution >= 4 is 28.1 Å². The molecule has 0 fully saturated rings. The van der Waals surface area contributed by atoms with Crippen LogP contribution in [0.5, 0.6) is 0 Å². The van der Waals surface area contributed by atoms with Crippen molar-refractivity contribution in [3.05, 3.63) is 115 Å². The van der Waals surface area contributed by atoms with E-state index in [1.165, 1.54) is 35.1 Å². The molecular formula is C32H31N3O4. The number of pyridine rings is 2. The fourth-order valence-corrected chi connectivity index (χ4v) is 5.85. The molecule has 3 heterocycles. The van der Waals surface area contributed by atoms with Gasteiger partial charge in [0.1, 0.15) is 5.76 Å². The molecule has 0 bridgehead atoms. The Labute approximate surface area is 225 Å². The van der Waals surface area contributed by atoms with Crippen molar-refractivity contribution in [3.63, 3.8) is 0 Å². The van der Waals surface area contributed by atoms with Gasteiger partial charge >= 0.3 is 0 Å². The van der Waals surface area contributed by atoms with Crippen LogP contribution < -0.4 is 11.1 Å². The summed E-state index contributed by atoms with van der Waals surface area (Å²) in [5, 5.41) is 2.08. The van der Waals surface area contributed by atoms with Crippen molar-refractivity contribution in [2.24, 2.45) is 0 Å². The summed E-state index contributed by atoms with van der Waals surface area (Å²) in [5.41, 5.74) is 7.95. The van der Waals surface area contributed by atoms with Gasteiger partial charge in [0.15, 0.2) is 6.29 Å². The maximum atomic E-state index is 12.4. The van der Waals surface area contributed by atoms with Crippen LogP contribution in [-0.2, 0) is 38.8 Å². The van der Waals surface area contributed by atoms with Gasteiger partial charge in [-0.05, 0) is 127 Å². The molecule has 3 aromatic heterocycles. The van der Waals surface area contributed by atoms with Crippen LogP contribution in [0.25, 0.3) is 21.8 Å². The molecule has 0 spiro atoms. The van der Waals surface area contributed by atoms with Crippen molar-refractivity contribution in [1.82, 2.24) is 14.9 Å². The standard InChI is InChI=1S/C19H20N2O2.C13H11NO2/c1-21(12-17-6-3-7-23-17)11-16-9-15-8-13-4-2-5-14(13)10-18(15)20-19(16)22;15-7-11-5-10-4-8-2-1-3-9(8)6-12(10)14-13(11)16/h3,6-10H,2,4-5,11-12H2,1H3,(H,20,22);4-7H,1-3H2,(H,14,16). The Balaban J connectivity index is 0.000000151. The molecule has 0 radical (unpaired) electrons. The third-order valence-corrected chi connectivity index (χ3v) is 7.79. The van der Waals surface area contributed by atoms with Crippen LogP contribution in [0.15, 0.2) is 68.8 Å². The van der Waals surface area contributed by atoms with Crippen LogP contribution in [0.1, 0.15) is 56.8 Å². The summed E-state index contributed by atoms with van der Waals surface area (Å²) >= 11 is 0. The average Bonchev–Trinajstić information content (AvgIpc) is 3.69. The Kier molecular flexibility index (Phi) is 6.75. The lowest BCUT2D eigenvalue weighted by atomic mass is 10.0. The smallest absolute Gasteiger partial charge is 0.259 e. The molecule has 2 N–H and O–H groups in total. The summed E-state index contributed by atoms with van der Waals surface area (Å²) in [6.07, 6.45) is 9.13. The number of hydrogen-bond acceptors (Lipinski definition) is 5. The molecule has 39 heavy (non-hydrogen) atoms. The number of carbonyl (C=O) groups is 1. The second-order valence-corrected chi connectivity index (χ2v) is 10.7. The molecule has 7 nitrogen and oxygen atoms in total. The van der Waals surface area contributed by atoms with Crippen LogP contribution in [-0.4, -0.2) is 28.2 Å². The zero-order valence-corrected chi connectivity index (χ0v) is 22.0. The molecule has 2 aliphatic carbocycles. The average molecular weight is 522 g/mol. The number of nitrogens with zero attached hydrogens (tertiary/aromatic N) is 1. The van der Waals surface area contributed by atoms with Gasteiger partial charge in [0.25, 0.3) is 11.1 Å². The number of hydrogen-bond donors (Lipinski definition) is 2. The van der Waals surface area contributed by atoms with E-state index in [2.05, 4.69) is 33.1 Å². The number of aldehydes is 1. The highest BCUT2D eigenvalue weighted by molar-refractivity contribution is 5.87. The summed E-state index contributed by atoms with van der Waals surface area (Å²) in [7, 11) is 1.99. The molecule has 0 atom stereocenters. The first kappa shape index (κ1) is 25.1. The Bertz CT molecular complexity index is 1800. The third kappa shape index (κ3) is 5.22. The number of aryl methyl sites for hydroxylation is 4. The highest BCUT2D eigenvalue weighted by atomic mass is 16.3. The van der Waals surface area contributed by atoms with Crippen LogP contribution in [0, 0.1) is 0 Å². The first-order chi connectivity index (χ1) is 19.0. The minimum absolute atomic E-state index is 0.00161. The van der Waals surface area contributed by atoms with Crippen LogP contribution in [0.2, 0.25) is 0 Å². The Morgan fingerprint density at radius 2 is 1.38 bits per heavy atom. The summed E-state index contributed by atoms with van der Waals surface area (Å²) in [6.45, 7) is 1.29. The zero-order chi connectivity index (χ0) is 26.9. The molecular weight excluding hydrogens is 490 g/mol. The van der Waals surface area contributed by atoms with Gasteiger partial charge in [-0.25, -0.2) is 0 Å². The second kappa shape index (κ2) is 10.5. The van der Waals surface area contributed by atoms with Gasteiger partial charge in [0.05, 0.1) is 18.4 Å². The first-order valence-corrected chi connectivity index (χ1v) is 13.5. The predicted octanol–water partition coefficient (Wildman–Crippen LogP) is 5.07. The molecule has 0 unspecified atom stereocenters. The van der Waals surface area contributed by atoms with E-state index >= 15 is 0 Å². The largest absolute Gasteiger partial charge is 0.468 e. The maximum absolute atomic E-state index is 12.4. The summed E-state index contributed by atoms with van der Waals surface area (Å²) in [4.78, 5) is 42.4. The summed E-state index contributed by atoms with van der Waals surface area (Å²) in [5.74, 6) is 0.905. The number of nitrogens with one attached hydrogen (secondary N) is 2. The number of furan rings is 1. The summed E-state index contributed by atoms with van der Waals surface area (Å²) in [6, 6.07) is 16.0. The molecule has 7 rings (SSSR count). The first-order valence-electron chi connectivity index (χ1n) is 13.5. The number of aromatic amines is 2. The van der Waals surface area contributed by atoms with Crippen LogP contribution >= 0.6 is 0 Å². The monoisotopic (exact) mass is 521 g/mol. The van der Waals surface area contributed by atoms with Crippen molar-refractivity contribution in [2.45, 2.75) is 51.6 Å².